The molecular weight excluding hydrogens is 176 g/mol. The molecule has 0 heterocycles. The number of methoxy groups -OCH3 is 1. The van der Waals surface area contributed by atoms with Crippen LogP contribution in [0.25, 0.3) is 0 Å². The highest BCUT2D eigenvalue weighted by Gasteiger charge is 2.11. The Hall–Kier alpha value is -1.06. The highest BCUT2D eigenvalue weighted by Crippen LogP contribution is 2.25. The van der Waals surface area contributed by atoms with Crippen molar-refractivity contribution in [3.05, 3.63) is 29.3 Å². The number of rotatable bonds is 4. The van der Waals surface area contributed by atoms with E-state index in [4.69, 9.17) is 16.2 Å². The van der Waals surface area contributed by atoms with E-state index < -0.39 is 0 Å². The molecule has 0 aromatic heterocycles. The van der Waals surface area contributed by atoms with Gasteiger partial charge in [0, 0.05) is 12.6 Å². The second-order valence-electron chi connectivity index (χ2n) is 3.22. The molecule has 1 aromatic carbocycles. The van der Waals surface area contributed by atoms with Gasteiger partial charge in [-0.1, -0.05) is 19.1 Å². The molecule has 0 aliphatic rings. The molecule has 78 valence electrons. The zero-order valence-corrected chi connectivity index (χ0v) is 8.79. The molecule has 0 radical (unpaired) electrons. The maximum absolute atomic E-state index is 5.91. The Bertz CT molecular complexity index is 299. The van der Waals surface area contributed by atoms with Crippen molar-refractivity contribution in [2.24, 2.45) is 11.5 Å². The van der Waals surface area contributed by atoms with Crippen molar-refractivity contribution in [2.45, 2.75) is 19.4 Å². The molecule has 0 spiro atoms. The van der Waals surface area contributed by atoms with Gasteiger partial charge in [-0.25, -0.2) is 0 Å². The SMILES string of the molecule is CCc1c(OC)cccc1C(N)CN. The third-order valence-corrected chi connectivity index (χ3v) is 2.40. The van der Waals surface area contributed by atoms with Gasteiger partial charge in [0.1, 0.15) is 5.75 Å². The lowest BCUT2D eigenvalue weighted by atomic mass is 9.98. The highest BCUT2D eigenvalue weighted by molar-refractivity contribution is 5.41. The van der Waals surface area contributed by atoms with E-state index in [0.717, 1.165) is 23.3 Å². The Morgan fingerprint density at radius 3 is 2.64 bits per heavy atom. The smallest absolute Gasteiger partial charge is 0.122 e. The lowest BCUT2D eigenvalue weighted by Gasteiger charge is -2.16. The van der Waals surface area contributed by atoms with Crippen LogP contribution < -0.4 is 16.2 Å². The molecule has 4 N–H and O–H groups in total. The molecule has 0 amide bonds. The Morgan fingerprint density at radius 1 is 1.43 bits per heavy atom. The lowest BCUT2D eigenvalue weighted by Crippen LogP contribution is -2.22. The Labute approximate surface area is 85.0 Å². The van der Waals surface area contributed by atoms with E-state index in [1.165, 1.54) is 0 Å². The van der Waals surface area contributed by atoms with Crippen LogP contribution in [0.15, 0.2) is 18.2 Å². The summed E-state index contributed by atoms with van der Waals surface area (Å²) in [5.41, 5.74) is 13.7. The van der Waals surface area contributed by atoms with Gasteiger partial charge in [0.2, 0.25) is 0 Å². The maximum Gasteiger partial charge on any atom is 0.122 e. The Balaban J connectivity index is 3.14. The Morgan fingerprint density at radius 2 is 2.14 bits per heavy atom. The van der Waals surface area contributed by atoms with Crippen LogP contribution in [0.1, 0.15) is 24.1 Å². The zero-order chi connectivity index (χ0) is 10.6. The van der Waals surface area contributed by atoms with Crippen LogP contribution in [-0.4, -0.2) is 13.7 Å². The second kappa shape index (κ2) is 4.98. The summed E-state index contributed by atoms with van der Waals surface area (Å²) in [5.74, 6) is 0.897. The molecule has 0 bridgehead atoms. The van der Waals surface area contributed by atoms with Crippen molar-refractivity contribution >= 4 is 0 Å². The molecule has 0 aliphatic carbocycles. The molecule has 0 fully saturated rings. The molecule has 1 aromatic rings. The van der Waals surface area contributed by atoms with Gasteiger partial charge in [0.25, 0.3) is 0 Å². The summed E-state index contributed by atoms with van der Waals surface area (Å²) in [6.45, 7) is 2.55. The van der Waals surface area contributed by atoms with E-state index in [9.17, 15) is 0 Å². The standard InChI is InChI=1S/C11H18N2O/c1-3-8-9(10(13)7-12)5-4-6-11(8)14-2/h4-6,10H,3,7,12-13H2,1-2H3. The van der Waals surface area contributed by atoms with Crippen molar-refractivity contribution in [1.29, 1.82) is 0 Å². The van der Waals surface area contributed by atoms with E-state index in [1.54, 1.807) is 7.11 Å². The first-order valence-corrected chi connectivity index (χ1v) is 4.86. The normalized spacial score (nSPS) is 12.6. The van der Waals surface area contributed by atoms with Gasteiger partial charge in [-0.15, -0.1) is 0 Å². The van der Waals surface area contributed by atoms with Gasteiger partial charge < -0.3 is 16.2 Å². The molecule has 1 atom stereocenters. The summed E-state index contributed by atoms with van der Waals surface area (Å²) in [7, 11) is 1.67. The van der Waals surface area contributed by atoms with Crippen LogP contribution in [-0.2, 0) is 6.42 Å². The zero-order valence-electron chi connectivity index (χ0n) is 8.79. The fourth-order valence-electron chi connectivity index (χ4n) is 1.63. The molecule has 1 unspecified atom stereocenters. The Kier molecular flexibility index (Phi) is 3.92. The minimum absolute atomic E-state index is 0.0972. The monoisotopic (exact) mass is 194 g/mol. The van der Waals surface area contributed by atoms with Gasteiger partial charge >= 0.3 is 0 Å². The summed E-state index contributed by atoms with van der Waals surface area (Å²) in [6, 6.07) is 5.81. The van der Waals surface area contributed by atoms with Crippen LogP contribution >= 0.6 is 0 Å². The summed E-state index contributed by atoms with van der Waals surface area (Å²) in [5, 5.41) is 0. The summed E-state index contributed by atoms with van der Waals surface area (Å²) >= 11 is 0. The minimum atomic E-state index is -0.0972. The van der Waals surface area contributed by atoms with E-state index in [2.05, 4.69) is 6.92 Å². The summed E-state index contributed by atoms with van der Waals surface area (Å²) < 4.78 is 5.28. The average Bonchev–Trinajstić information content (AvgIpc) is 2.26. The molecule has 0 aliphatic heterocycles. The number of hydrogen-bond donors (Lipinski definition) is 2. The minimum Gasteiger partial charge on any atom is -0.496 e. The third-order valence-electron chi connectivity index (χ3n) is 2.40. The third kappa shape index (κ3) is 2.05. The molecule has 14 heavy (non-hydrogen) atoms. The van der Waals surface area contributed by atoms with Crippen LogP contribution in [0, 0.1) is 0 Å². The van der Waals surface area contributed by atoms with Crippen LogP contribution in [0.3, 0.4) is 0 Å². The van der Waals surface area contributed by atoms with Crippen molar-refractivity contribution < 1.29 is 4.74 Å². The first kappa shape index (κ1) is 11.0. The first-order valence-electron chi connectivity index (χ1n) is 4.86. The predicted molar refractivity (Wildman–Crippen MR) is 58.4 cm³/mol. The first-order chi connectivity index (χ1) is 6.74. The van der Waals surface area contributed by atoms with Crippen molar-refractivity contribution in [3.63, 3.8) is 0 Å². The number of hydrogen-bond acceptors (Lipinski definition) is 3. The number of ether oxygens (including phenoxy) is 1. The van der Waals surface area contributed by atoms with Crippen LogP contribution in [0.5, 0.6) is 5.75 Å². The molecule has 0 saturated heterocycles. The molecule has 3 heteroatoms. The average molecular weight is 194 g/mol. The van der Waals surface area contributed by atoms with Gasteiger partial charge in [-0.05, 0) is 23.6 Å². The van der Waals surface area contributed by atoms with Crippen molar-refractivity contribution in [1.82, 2.24) is 0 Å². The van der Waals surface area contributed by atoms with E-state index in [1.807, 2.05) is 18.2 Å². The fourth-order valence-corrected chi connectivity index (χ4v) is 1.63. The molecule has 0 saturated carbocycles. The summed E-state index contributed by atoms with van der Waals surface area (Å²) in [4.78, 5) is 0. The topological polar surface area (TPSA) is 61.3 Å². The molecule has 3 nitrogen and oxygen atoms in total. The van der Waals surface area contributed by atoms with Gasteiger partial charge in [-0.2, -0.15) is 0 Å². The van der Waals surface area contributed by atoms with E-state index >= 15 is 0 Å². The van der Waals surface area contributed by atoms with Crippen molar-refractivity contribution in [2.75, 3.05) is 13.7 Å². The quantitative estimate of drug-likeness (QED) is 0.757. The predicted octanol–water partition coefficient (Wildman–Crippen LogP) is 1.22. The van der Waals surface area contributed by atoms with Gasteiger partial charge in [0.05, 0.1) is 7.11 Å². The number of benzene rings is 1. The lowest BCUT2D eigenvalue weighted by molar-refractivity contribution is 0.408. The second-order valence-corrected chi connectivity index (χ2v) is 3.22. The summed E-state index contributed by atoms with van der Waals surface area (Å²) in [6.07, 6.45) is 0.910. The largest absolute Gasteiger partial charge is 0.496 e. The van der Waals surface area contributed by atoms with Crippen LogP contribution in [0.2, 0.25) is 0 Å². The maximum atomic E-state index is 5.91. The van der Waals surface area contributed by atoms with E-state index in [0.29, 0.717) is 6.54 Å². The van der Waals surface area contributed by atoms with Gasteiger partial charge in [0.15, 0.2) is 0 Å². The highest BCUT2D eigenvalue weighted by atomic mass is 16.5. The van der Waals surface area contributed by atoms with Crippen LogP contribution in [0.4, 0.5) is 0 Å². The number of nitrogens with two attached hydrogens (primary N) is 2. The fraction of sp³-hybridized carbons (Fsp3) is 0.455. The van der Waals surface area contributed by atoms with E-state index in [-0.39, 0.29) is 6.04 Å². The van der Waals surface area contributed by atoms with Gasteiger partial charge in [-0.3, -0.25) is 0 Å². The molecule has 1 rings (SSSR count). The van der Waals surface area contributed by atoms with Crippen molar-refractivity contribution in [3.8, 4) is 5.75 Å². The molecular formula is C11H18N2O.